The number of para-hydroxylation sites is 1. The number of carbonyl (C=O) groups is 1. The van der Waals surface area contributed by atoms with Gasteiger partial charge in [0.05, 0.1) is 5.41 Å². The molecule has 3 aliphatic heterocycles. The standard InChI is InChI=1S/C30H34N2O/c1-21(2)24-15-14-23-20-31-18-16-30(28(31)19-25(23)24)26-12-6-7-13-27(26)32(29(30)33)17-8-11-22-9-4-3-5-10-22/h4,6-13,15,23,25,28H,1,3,5,14,16-20H2,2H3/b11-8+/t23-,25?,28?,30+/m0/s1. The number of benzene rings is 1. The number of hydrogen-bond donors (Lipinski definition) is 0. The average molecular weight is 439 g/mol. The van der Waals surface area contributed by atoms with Crippen molar-refractivity contribution in [1.82, 2.24) is 4.90 Å². The first kappa shape index (κ1) is 20.9. The third-order valence-electron chi connectivity index (χ3n) is 8.78. The maximum atomic E-state index is 14.2. The average Bonchev–Trinajstić information content (AvgIpc) is 3.48. The molecular weight excluding hydrogens is 404 g/mol. The fourth-order valence-corrected chi connectivity index (χ4v) is 7.27. The third-order valence-corrected chi connectivity index (χ3v) is 8.78. The van der Waals surface area contributed by atoms with Gasteiger partial charge in [-0.3, -0.25) is 9.69 Å². The Hall–Kier alpha value is -2.65. The van der Waals surface area contributed by atoms with Crippen LogP contribution in [0.15, 0.2) is 84.0 Å². The van der Waals surface area contributed by atoms with E-state index in [1.54, 1.807) is 0 Å². The van der Waals surface area contributed by atoms with Crippen LogP contribution in [-0.2, 0) is 10.2 Å². The molecule has 170 valence electrons. The van der Waals surface area contributed by atoms with Crippen LogP contribution < -0.4 is 4.90 Å². The van der Waals surface area contributed by atoms with Crippen molar-refractivity contribution in [3.63, 3.8) is 0 Å². The predicted molar refractivity (Wildman–Crippen MR) is 135 cm³/mol. The number of carbonyl (C=O) groups excluding carboxylic acids is 1. The zero-order valence-corrected chi connectivity index (χ0v) is 19.7. The SMILES string of the molecule is C=C(C)C1=CC[C@H]2CN3CC[C@]4(C(=O)N(C/C=C/C5=CCCC=C5)c5ccccc54)C3CC12. The number of amides is 1. The second-order valence-electron chi connectivity index (χ2n) is 10.5. The minimum Gasteiger partial charge on any atom is -0.307 e. The van der Waals surface area contributed by atoms with Gasteiger partial charge in [-0.1, -0.05) is 66.8 Å². The van der Waals surface area contributed by atoms with Crippen molar-refractivity contribution in [3.05, 3.63) is 89.6 Å². The van der Waals surface area contributed by atoms with Crippen LogP contribution in [0.3, 0.4) is 0 Å². The molecule has 1 amide bonds. The van der Waals surface area contributed by atoms with Crippen LogP contribution >= 0.6 is 0 Å². The fourth-order valence-electron chi connectivity index (χ4n) is 7.27. The van der Waals surface area contributed by atoms with E-state index >= 15 is 0 Å². The van der Waals surface area contributed by atoms with E-state index in [4.69, 9.17) is 0 Å². The smallest absolute Gasteiger partial charge is 0.239 e. The van der Waals surface area contributed by atoms with Crippen LogP contribution in [-0.4, -0.2) is 36.5 Å². The molecule has 2 saturated heterocycles. The largest absolute Gasteiger partial charge is 0.307 e. The summed E-state index contributed by atoms with van der Waals surface area (Å²) in [4.78, 5) is 18.9. The zero-order valence-electron chi connectivity index (χ0n) is 19.7. The first-order valence-corrected chi connectivity index (χ1v) is 12.6. The summed E-state index contributed by atoms with van der Waals surface area (Å²) in [5, 5.41) is 0. The first-order valence-electron chi connectivity index (χ1n) is 12.6. The van der Waals surface area contributed by atoms with Gasteiger partial charge in [0.25, 0.3) is 0 Å². The number of allylic oxidation sites excluding steroid dienone is 8. The summed E-state index contributed by atoms with van der Waals surface area (Å²) >= 11 is 0. The highest BCUT2D eigenvalue weighted by Crippen LogP contribution is 2.56. The van der Waals surface area contributed by atoms with Crippen LogP contribution in [0, 0.1) is 11.8 Å². The molecule has 6 rings (SSSR count). The quantitative estimate of drug-likeness (QED) is 0.600. The highest BCUT2D eigenvalue weighted by molar-refractivity contribution is 6.09. The van der Waals surface area contributed by atoms with E-state index in [1.165, 1.54) is 22.3 Å². The summed E-state index contributed by atoms with van der Waals surface area (Å²) in [6.45, 7) is 9.18. The van der Waals surface area contributed by atoms with Gasteiger partial charge in [-0.05, 0) is 80.2 Å². The second kappa shape index (κ2) is 7.99. The van der Waals surface area contributed by atoms with Gasteiger partial charge in [0, 0.05) is 24.8 Å². The Kier molecular flexibility index (Phi) is 5.06. The zero-order chi connectivity index (χ0) is 22.6. The van der Waals surface area contributed by atoms with Crippen LogP contribution in [0.1, 0.15) is 44.6 Å². The van der Waals surface area contributed by atoms with Gasteiger partial charge in [0.1, 0.15) is 0 Å². The van der Waals surface area contributed by atoms with Crippen molar-refractivity contribution in [2.24, 2.45) is 11.8 Å². The highest BCUT2D eigenvalue weighted by Gasteiger charge is 2.62. The third kappa shape index (κ3) is 3.16. The summed E-state index contributed by atoms with van der Waals surface area (Å²) < 4.78 is 0. The van der Waals surface area contributed by atoms with Gasteiger partial charge in [-0.25, -0.2) is 0 Å². The highest BCUT2D eigenvalue weighted by atomic mass is 16.2. The molecule has 1 spiro atoms. The molecule has 3 heteroatoms. The Morgan fingerprint density at radius 1 is 1.24 bits per heavy atom. The van der Waals surface area contributed by atoms with Crippen LogP contribution in [0.25, 0.3) is 0 Å². The molecule has 0 N–H and O–H groups in total. The van der Waals surface area contributed by atoms with Crippen molar-refractivity contribution < 1.29 is 4.79 Å². The Labute approximate surface area is 197 Å². The van der Waals surface area contributed by atoms with Crippen molar-refractivity contribution in [3.8, 4) is 0 Å². The minimum absolute atomic E-state index is 0.284. The molecule has 4 atom stereocenters. The number of anilines is 1. The molecule has 3 heterocycles. The molecule has 2 aliphatic carbocycles. The van der Waals surface area contributed by atoms with E-state index in [-0.39, 0.29) is 6.04 Å². The van der Waals surface area contributed by atoms with E-state index in [0.29, 0.717) is 24.3 Å². The van der Waals surface area contributed by atoms with Gasteiger partial charge in [-0.2, -0.15) is 0 Å². The maximum Gasteiger partial charge on any atom is 0.239 e. The van der Waals surface area contributed by atoms with E-state index in [2.05, 4.69) is 84.0 Å². The van der Waals surface area contributed by atoms with Crippen LogP contribution in [0.5, 0.6) is 0 Å². The lowest BCUT2D eigenvalue weighted by atomic mass is 9.68. The van der Waals surface area contributed by atoms with Crippen molar-refractivity contribution in [2.45, 2.75) is 50.5 Å². The van der Waals surface area contributed by atoms with Crippen molar-refractivity contribution in [1.29, 1.82) is 0 Å². The number of rotatable bonds is 4. The lowest BCUT2D eigenvalue weighted by Crippen LogP contribution is -2.54. The number of nitrogens with zero attached hydrogens (tertiary/aromatic N) is 2. The molecule has 33 heavy (non-hydrogen) atoms. The summed E-state index contributed by atoms with van der Waals surface area (Å²) in [5.74, 6) is 1.55. The molecule has 1 aromatic rings. The molecule has 2 unspecified atom stereocenters. The minimum atomic E-state index is -0.401. The Balaban J connectivity index is 1.32. The summed E-state index contributed by atoms with van der Waals surface area (Å²) in [6, 6.07) is 8.86. The second-order valence-corrected chi connectivity index (χ2v) is 10.5. The number of hydrogen-bond acceptors (Lipinski definition) is 2. The molecule has 0 radical (unpaired) electrons. The van der Waals surface area contributed by atoms with E-state index in [0.717, 1.165) is 50.9 Å². The first-order chi connectivity index (χ1) is 16.1. The van der Waals surface area contributed by atoms with E-state index < -0.39 is 5.41 Å². The summed E-state index contributed by atoms with van der Waals surface area (Å²) in [5.41, 5.74) is 5.88. The topological polar surface area (TPSA) is 23.6 Å². The van der Waals surface area contributed by atoms with Crippen molar-refractivity contribution in [2.75, 3.05) is 24.5 Å². The van der Waals surface area contributed by atoms with Crippen LogP contribution in [0.4, 0.5) is 5.69 Å². The predicted octanol–water partition coefficient (Wildman–Crippen LogP) is 5.72. The lowest BCUT2D eigenvalue weighted by molar-refractivity contribution is -0.124. The molecule has 0 saturated carbocycles. The molecule has 0 aromatic heterocycles. The van der Waals surface area contributed by atoms with Gasteiger partial charge in [0.2, 0.25) is 5.91 Å². The Bertz CT molecular complexity index is 1120. The molecule has 5 aliphatic rings. The van der Waals surface area contributed by atoms with Gasteiger partial charge in [-0.15, -0.1) is 0 Å². The Morgan fingerprint density at radius 2 is 2.12 bits per heavy atom. The molecule has 1 aromatic carbocycles. The van der Waals surface area contributed by atoms with E-state index in [1.807, 2.05) is 0 Å². The summed E-state index contributed by atoms with van der Waals surface area (Å²) in [6.07, 6.45) is 18.8. The van der Waals surface area contributed by atoms with Crippen LogP contribution in [0.2, 0.25) is 0 Å². The molecule has 0 bridgehead atoms. The normalized spacial score (nSPS) is 32.8. The maximum absolute atomic E-state index is 14.2. The van der Waals surface area contributed by atoms with Gasteiger partial charge in [0.15, 0.2) is 0 Å². The lowest BCUT2D eigenvalue weighted by Gasteiger charge is -2.44. The summed E-state index contributed by atoms with van der Waals surface area (Å²) in [7, 11) is 0. The van der Waals surface area contributed by atoms with Crippen molar-refractivity contribution >= 4 is 11.6 Å². The Morgan fingerprint density at radius 3 is 2.94 bits per heavy atom. The molecule has 3 nitrogen and oxygen atoms in total. The fraction of sp³-hybridized carbons (Fsp3) is 0.433. The van der Waals surface area contributed by atoms with E-state index in [9.17, 15) is 4.79 Å². The van der Waals surface area contributed by atoms with Gasteiger partial charge >= 0.3 is 0 Å². The number of fused-ring (bicyclic) bond motifs is 5. The monoisotopic (exact) mass is 438 g/mol. The molecular formula is C30H34N2O. The number of piperidine rings is 1. The molecule has 2 fully saturated rings. The van der Waals surface area contributed by atoms with Gasteiger partial charge < -0.3 is 4.90 Å².